The summed E-state index contributed by atoms with van der Waals surface area (Å²) in [5.74, 6) is 0.630. The number of hydrogen-bond donors (Lipinski definition) is 1. The van der Waals surface area contributed by atoms with Crippen molar-refractivity contribution in [3.05, 3.63) is 23.4 Å². The van der Waals surface area contributed by atoms with E-state index in [4.69, 9.17) is 0 Å². The molecule has 3 nitrogen and oxygen atoms in total. The Morgan fingerprint density at radius 3 is 2.91 bits per heavy atom. The van der Waals surface area contributed by atoms with Crippen LogP contribution >= 0.6 is 0 Å². The molecule has 0 aromatic carbocycles. The fourth-order valence-corrected chi connectivity index (χ4v) is 0.891. The molecule has 0 spiro atoms. The van der Waals surface area contributed by atoms with Gasteiger partial charge in [0.05, 0.1) is 5.56 Å². The molecule has 0 atom stereocenters. The van der Waals surface area contributed by atoms with Gasteiger partial charge in [0.2, 0.25) is 0 Å². The molecule has 1 rings (SSSR count). The first kappa shape index (κ1) is 7.72. The van der Waals surface area contributed by atoms with E-state index >= 15 is 0 Å². The maximum atomic E-state index is 10.5. The van der Waals surface area contributed by atoms with Gasteiger partial charge in [0.15, 0.2) is 6.29 Å². The van der Waals surface area contributed by atoms with Gasteiger partial charge in [-0.3, -0.25) is 4.79 Å². The van der Waals surface area contributed by atoms with Crippen LogP contribution in [0.5, 0.6) is 0 Å². The van der Waals surface area contributed by atoms with Gasteiger partial charge < -0.3 is 5.32 Å². The first-order valence-electron chi connectivity index (χ1n) is 3.37. The van der Waals surface area contributed by atoms with Gasteiger partial charge in [-0.15, -0.1) is 0 Å². The van der Waals surface area contributed by atoms with Crippen molar-refractivity contribution >= 4 is 12.1 Å². The topological polar surface area (TPSA) is 42.0 Å². The van der Waals surface area contributed by atoms with E-state index in [1.165, 1.54) is 0 Å². The van der Waals surface area contributed by atoms with Crippen LogP contribution in [0.3, 0.4) is 0 Å². The first-order valence-corrected chi connectivity index (χ1v) is 3.37. The maximum Gasteiger partial charge on any atom is 0.153 e. The van der Waals surface area contributed by atoms with E-state index in [0.29, 0.717) is 11.4 Å². The second-order valence-electron chi connectivity index (χ2n) is 2.32. The van der Waals surface area contributed by atoms with Crippen LogP contribution < -0.4 is 5.32 Å². The number of nitrogens with one attached hydrogen (secondary N) is 1. The van der Waals surface area contributed by atoms with E-state index in [-0.39, 0.29) is 0 Å². The molecule has 0 aliphatic carbocycles. The summed E-state index contributed by atoms with van der Waals surface area (Å²) in [4.78, 5) is 14.5. The van der Waals surface area contributed by atoms with Crippen molar-refractivity contribution in [3.63, 3.8) is 0 Å². The quantitative estimate of drug-likeness (QED) is 0.645. The van der Waals surface area contributed by atoms with Gasteiger partial charge in [-0.2, -0.15) is 0 Å². The zero-order chi connectivity index (χ0) is 8.27. The average molecular weight is 150 g/mol. The molecule has 0 radical (unpaired) electrons. The molecule has 0 aliphatic rings. The number of carbonyl (C=O) groups excluding carboxylic acids is 1. The van der Waals surface area contributed by atoms with Crippen molar-refractivity contribution in [2.75, 3.05) is 12.4 Å². The summed E-state index contributed by atoms with van der Waals surface area (Å²) in [5, 5.41) is 2.83. The number of aromatic nitrogens is 1. The molecule has 0 saturated carbocycles. The number of aryl methyl sites for hydroxylation is 1. The average Bonchev–Trinajstić information content (AvgIpc) is 2.04. The van der Waals surface area contributed by atoms with Crippen molar-refractivity contribution in [1.82, 2.24) is 4.98 Å². The molecule has 0 fully saturated rings. The molecule has 1 heterocycles. The number of aldehydes is 1. The summed E-state index contributed by atoms with van der Waals surface area (Å²) < 4.78 is 0. The number of carbonyl (C=O) groups is 1. The lowest BCUT2D eigenvalue weighted by Gasteiger charge is -2.01. The Kier molecular flexibility index (Phi) is 2.21. The van der Waals surface area contributed by atoms with Crippen molar-refractivity contribution < 1.29 is 4.79 Å². The Bertz CT molecular complexity index is 271. The summed E-state index contributed by atoms with van der Waals surface area (Å²) in [5.41, 5.74) is 1.60. The van der Waals surface area contributed by atoms with Gasteiger partial charge >= 0.3 is 0 Å². The molecule has 1 aromatic heterocycles. The van der Waals surface area contributed by atoms with Crippen molar-refractivity contribution in [3.8, 4) is 0 Å². The number of rotatable bonds is 2. The van der Waals surface area contributed by atoms with Crippen molar-refractivity contribution in [2.24, 2.45) is 0 Å². The Morgan fingerprint density at radius 2 is 2.36 bits per heavy atom. The molecule has 58 valence electrons. The van der Waals surface area contributed by atoms with Crippen LogP contribution in [0, 0.1) is 6.92 Å². The van der Waals surface area contributed by atoms with Crippen LogP contribution in [0.15, 0.2) is 12.3 Å². The van der Waals surface area contributed by atoms with Crippen LogP contribution in [-0.4, -0.2) is 18.3 Å². The van der Waals surface area contributed by atoms with Crippen LogP contribution in [0.4, 0.5) is 5.82 Å². The zero-order valence-electron chi connectivity index (χ0n) is 6.59. The lowest BCUT2D eigenvalue weighted by Crippen LogP contribution is -1.97. The minimum Gasteiger partial charge on any atom is -0.373 e. The highest BCUT2D eigenvalue weighted by atomic mass is 16.1. The maximum absolute atomic E-state index is 10.5. The molecule has 3 heteroatoms. The molecule has 0 aliphatic heterocycles. The lowest BCUT2D eigenvalue weighted by molar-refractivity contribution is 0.112. The van der Waals surface area contributed by atoms with Gasteiger partial charge in [-0.25, -0.2) is 4.98 Å². The van der Waals surface area contributed by atoms with Crippen LogP contribution in [-0.2, 0) is 0 Å². The number of pyridine rings is 1. The molecule has 0 saturated heterocycles. The summed E-state index contributed by atoms with van der Waals surface area (Å²) in [6.45, 7) is 1.90. The van der Waals surface area contributed by atoms with E-state index in [1.54, 1.807) is 19.3 Å². The molecule has 1 aromatic rings. The Balaban J connectivity index is 3.16. The van der Waals surface area contributed by atoms with Crippen molar-refractivity contribution in [1.29, 1.82) is 0 Å². The third-order valence-corrected chi connectivity index (χ3v) is 1.42. The molecule has 0 unspecified atom stereocenters. The monoisotopic (exact) mass is 150 g/mol. The number of anilines is 1. The molecule has 0 amide bonds. The fraction of sp³-hybridized carbons (Fsp3) is 0.250. The second kappa shape index (κ2) is 3.14. The highest BCUT2D eigenvalue weighted by Crippen LogP contribution is 2.09. The van der Waals surface area contributed by atoms with E-state index in [9.17, 15) is 4.79 Å². The second-order valence-corrected chi connectivity index (χ2v) is 2.32. The van der Waals surface area contributed by atoms with Crippen LogP contribution in [0.2, 0.25) is 0 Å². The minimum atomic E-state index is 0.604. The van der Waals surface area contributed by atoms with E-state index in [1.807, 2.05) is 6.92 Å². The number of nitrogens with zero attached hydrogens (tertiary/aromatic N) is 1. The molecule has 11 heavy (non-hydrogen) atoms. The van der Waals surface area contributed by atoms with E-state index < -0.39 is 0 Å². The summed E-state index contributed by atoms with van der Waals surface area (Å²) in [7, 11) is 1.74. The molecule has 0 bridgehead atoms. The Morgan fingerprint density at radius 1 is 1.64 bits per heavy atom. The minimum absolute atomic E-state index is 0.604. The van der Waals surface area contributed by atoms with Gasteiger partial charge in [0, 0.05) is 13.2 Å². The van der Waals surface area contributed by atoms with Crippen LogP contribution in [0.1, 0.15) is 15.9 Å². The van der Waals surface area contributed by atoms with Crippen molar-refractivity contribution in [2.45, 2.75) is 6.92 Å². The van der Waals surface area contributed by atoms with Gasteiger partial charge in [0.25, 0.3) is 0 Å². The largest absolute Gasteiger partial charge is 0.373 e. The summed E-state index contributed by atoms with van der Waals surface area (Å²) >= 11 is 0. The smallest absolute Gasteiger partial charge is 0.153 e. The predicted molar refractivity (Wildman–Crippen MR) is 43.9 cm³/mol. The number of hydrogen-bond acceptors (Lipinski definition) is 3. The van der Waals surface area contributed by atoms with Gasteiger partial charge in [0.1, 0.15) is 5.82 Å². The molecular formula is C8H10N2O. The lowest BCUT2D eigenvalue weighted by atomic mass is 10.2. The van der Waals surface area contributed by atoms with E-state index in [2.05, 4.69) is 10.3 Å². The SMILES string of the molecule is CNc1ncc(C)cc1C=O. The van der Waals surface area contributed by atoms with Gasteiger partial charge in [-0.1, -0.05) is 0 Å². The highest BCUT2D eigenvalue weighted by molar-refractivity contribution is 5.82. The highest BCUT2D eigenvalue weighted by Gasteiger charge is 1.99. The van der Waals surface area contributed by atoms with Crippen LogP contribution in [0.25, 0.3) is 0 Å². The normalized spacial score (nSPS) is 9.27. The van der Waals surface area contributed by atoms with Gasteiger partial charge in [-0.05, 0) is 18.6 Å². The van der Waals surface area contributed by atoms with E-state index in [0.717, 1.165) is 11.8 Å². The summed E-state index contributed by atoms with van der Waals surface area (Å²) in [6, 6.07) is 1.80. The standard InChI is InChI=1S/C8H10N2O/c1-6-3-7(5-11)8(9-2)10-4-6/h3-5H,1-2H3,(H,9,10). The Labute approximate surface area is 65.5 Å². The third kappa shape index (κ3) is 1.55. The first-order chi connectivity index (χ1) is 5.27. The predicted octanol–water partition coefficient (Wildman–Crippen LogP) is 1.24. The third-order valence-electron chi connectivity index (χ3n) is 1.42. The molecular weight excluding hydrogens is 140 g/mol. The summed E-state index contributed by atoms with van der Waals surface area (Å²) in [6.07, 6.45) is 2.52. The Hall–Kier alpha value is -1.38. The fourth-order valence-electron chi connectivity index (χ4n) is 0.891. The zero-order valence-corrected chi connectivity index (χ0v) is 6.59. The molecule has 1 N–H and O–H groups in total.